The van der Waals surface area contributed by atoms with Crippen LogP contribution in [0.5, 0.6) is 0 Å². The van der Waals surface area contributed by atoms with E-state index < -0.39 is 0 Å². The molecule has 0 aromatic rings. The summed E-state index contributed by atoms with van der Waals surface area (Å²) in [5, 5.41) is 0. The summed E-state index contributed by atoms with van der Waals surface area (Å²) in [6.45, 7) is 0. The number of fused-ring (bicyclic) bond motifs is 1. The molecule has 0 heterocycles. The minimum absolute atomic E-state index is 0.233. The molecular weight excluding hydrogens is 244 g/mol. The topological polar surface area (TPSA) is 0 Å². The number of alkyl halides is 2. The summed E-state index contributed by atoms with van der Waals surface area (Å²) in [7, 11) is 0. The van der Waals surface area contributed by atoms with Gasteiger partial charge in [0.25, 0.3) is 0 Å². The van der Waals surface area contributed by atoms with Crippen LogP contribution < -0.4 is 0 Å². The number of halogens is 2. The Kier molecular flexibility index (Phi) is 1.32. The molecule has 2 heteroatoms. The van der Waals surface area contributed by atoms with Crippen LogP contribution in [-0.2, 0) is 0 Å². The lowest BCUT2D eigenvalue weighted by Crippen LogP contribution is -1.87. The predicted octanol–water partition coefficient (Wildman–Crippen LogP) is 3.21. The Bertz CT molecular complexity index is 170. The maximum Gasteiger partial charge on any atom is 0.108 e. The molecule has 0 amide bonds. The molecule has 0 spiro atoms. The fourth-order valence-electron chi connectivity index (χ4n) is 1.55. The SMILES string of the molecule is BrC1(Br)C2=CCCCC21. The van der Waals surface area contributed by atoms with Gasteiger partial charge < -0.3 is 0 Å². The zero-order valence-electron chi connectivity index (χ0n) is 5.03. The summed E-state index contributed by atoms with van der Waals surface area (Å²) in [6, 6.07) is 0. The molecule has 1 unspecified atom stereocenters. The third-order valence-electron chi connectivity index (χ3n) is 2.18. The van der Waals surface area contributed by atoms with Crippen molar-refractivity contribution in [3.8, 4) is 0 Å². The number of rotatable bonds is 0. The molecule has 0 nitrogen and oxygen atoms in total. The second-order valence-corrected chi connectivity index (χ2v) is 6.33. The van der Waals surface area contributed by atoms with E-state index in [9.17, 15) is 0 Å². The quantitative estimate of drug-likeness (QED) is 0.458. The first-order chi connectivity index (χ1) is 4.23. The van der Waals surface area contributed by atoms with Crippen LogP contribution in [0.1, 0.15) is 19.3 Å². The molecule has 0 bridgehead atoms. The Labute approximate surface area is 72.0 Å². The zero-order valence-corrected chi connectivity index (χ0v) is 8.20. The highest BCUT2D eigenvalue weighted by Crippen LogP contribution is 2.65. The van der Waals surface area contributed by atoms with Gasteiger partial charge in [-0.2, -0.15) is 0 Å². The first-order valence-corrected chi connectivity index (χ1v) is 4.90. The molecule has 0 aliphatic heterocycles. The number of allylic oxidation sites excluding steroid dienone is 2. The van der Waals surface area contributed by atoms with Gasteiger partial charge in [-0.3, -0.25) is 0 Å². The maximum atomic E-state index is 3.63. The molecule has 0 saturated heterocycles. The van der Waals surface area contributed by atoms with Crippen molar-refractivity contribution in [1.29, 1.82) is 0 Å². The van der Waals surface area contributed by atoms with Gasteiger partial charge in [-0.1, -0.05) is 37.9 Å². The summed E-state index contributed by atoms with van der Waals surface area (Å²) in [6.07, 6.45) is 6.37. The highest BCUT2D eigenvalue weighted by Gasteiger charge is 2.56. The fourth-order valence-corrected chi connectivity index (χ4v) is 3.15. The van der Waals surface area contributed by atoms with Gasteiger partial charge in [0.2, 0.25) is 0 Å². The normalized spacial score (nSPS) is 37.1. The maximum absolute atomic E-state index is 3.63. The van der Waals surface area contributed by atoms with Crippen LogP contribution in [0.15, 0.2) is 11.6 Å². The van der Waals surface area contributed by atoms with Crippen LogP contribution in [0.2, 0.25) is 0 Å². The average Bonchev–Trinajstić information content (AvgIpc) is 2.39. The van der Waals surface area contributed by atoms with E-state index >= 15 is 0 Å². The van der Waals surface area contributed by atoms with E-state index in [-0.39, 0.29) is 3.23 Å². The molecule has 0 aromatic heterocycles. The molecule has 1 atom stereocenters. The highest BCUT2D eigenvalue weighted by molar-refractivity contribution is 9.25. The van der Waals surface area contributed by atoms with Crippen molar-refractivity contribution in [3.05, 3.63) is 11.6 Å². The van der Waals surface area contributed by atoms with Crippen molar-refractivity contribution in [3.63, 3.8) is 0 Å². The van der Waals surface area contributed by atoms with Gasteiger partial charge in [0.1, 0.15) is 3.23 Å². The van der Waals surface area contributed by atoms with Crippen LogP contribution in [0.3, 0.4) is 0 Å². The van der Waals surface area contributed by atoms with Crippen LogP contribution in [0, 0.1) is 5.92 Å². The van der Waals surface area contributed by atoms with E-state index in [2.05, 4.69) is 37.9 Å². The lowest BCUT2D eigenvalue weighted by molar-refractivity contribution is 0.672. The van der Waals surface area contributed by atoms with Gasteiger partial charge >= 0.3 is 0 Å². The van der Waals surface area contributed by atoms with Gasteiger partial charge in [0.15, 0.2) is 0 Å². The molecule has 1 fully saturated rings. The Balaban J connectivity index is 2.25. The first kappa shape index (κ1) is 6.41. The molecule has 1 saturated carbocycles. The third-order valence-corrected chi connectivity index (χ3v) is 4.20. The zero-order chi connectivity index (χ0) is 6.48. The van der Waals surface area contributed by atoms with Gasteiger partial charge in [-0.25, -0.2) is 0 Å². The molecule has 2 rings (SSSR count). The van der Waals surface area contributed by atoms with E-state index in [0.29, 0.717) is 0 Å². The van der Waals surface area contributed by atoms with Crippen molar-refractivity contribution in [2.45, 2.75) is 22.5 Å². The monoisotopic (exact) mass is 250 g/mol. The molecule has 0 N–H and O–H groups in total. The minimum Gasteiger partial charge on any atom is -0.0827 e. The fraction of sp³-hybridized carbons (Fsp3) is 0.714. The van der Waals surface area contributed by atoms with E-state index in [4.69, 9.17) is 0 Å². The molecule has 50 valence electrons. The van der Waals surface area contributed by atoms with E-state index in [1.54, 1.807) is 5.57 Å². The summed E-state index contributed by atoms with van der Waals surface area (Å²) in [5.41, 5.74) is 1.58. The molecule has 2 aliphatic rings. The third kappa shape index (κ3) is 0.829. The Morgan fingerprint density at radius 3 is 2.78 bits per heavy atom. The number of hydrogen-bond acceptors (Lipinski definition) is 0. The van der Waals surface area contributed by atoms with Crippen LogP contribution in [-0.4, -0.2) is 3.23 Å². The van der Waals surface area contributed by atoms with Gasteiger partial charge in [-0.15, -0.1) is 0 Å². The van der Waals surface area contributed by atoms with Gasteiger partial charge in [-0.05, 0) is 24.8 Å². The summed E-state index contributed by atoms with van der Waals surface area (Å²) in [4.78, 5) is 0. The van der Waals surface area contributed by atoms with Crippen LogP contribution >= 0.6 is 31.9 Å². The minimum atomic E-state index is 0.233. The lowest BCUT2D eigenvalue weighted by Gasteiger charge is -1.97. The van der Waals surface area contributed by atoms with E-state index in [1.807, 2.05) is 0 Å². The van der Waals surface area contributed by atoms with Crippen LogP contribution in [0.25, 0.3) is 0 Å². The Morgan fingerprint density at radius 2 is 2.33 bits per heavy atom. The van der Waals surface area contributed by atoms with E-state index in [0.717, 1.165) is 5.92 Å². The predicted molar refractivity (Wildman–Crippen MR) is 46.0 cm³/mol. The standard InChI is InChI=1S/C7H8Br2/c8-7(9)5-3-1-2-4-6(5)7/h3,6H,1-2,4H2. The molecule has 0 radical (unpaired) electrons. The molecule has 0 aromatic carbocycles. The van der Waals surface area contributed by atoms with Crippen molar-refractivity contribution >= 4 is 31.9 Å². The lowest BCUT2D eigenvalue weighted by atomic mass is 10.1. The van der Waals surface area contributed by atoms with Crippen molar-refractivity contribution in [1.82, 2.24) is 0 Å². The van der Waals surface area contributed by atoms with Crippen molar-refractivity contribution < 1.29 is 0 Å². The summed E-state index contributed by atoms with van der Waals surface area (Å²) >= 11 is 7.26. The summed E-state index contributed by atoms with van der Waals surface area (Å²) < 4.78 is 0.233. The Hall–Kier alpha value is 0.700. The highest BCUT2D eigenvalue weighted by atomic mass is 79.9. The summed E-state index contributed by atoms with van der Waals surface area (Å²) in [5.74, 6) is 0.811. The smallest absolute Gasteiger partial charge is 0.0827 e. The van der Waals surface area contributed by atoms with Crippen LogP contribution in [0.4, 0.5) is 0 Å². The van der Waals surface area contributed by atoms with Crippen molar-refractivity contribution in [2.75, 3.05) is 0 Å². The van der Waals surface area contributed by atoms with Gasteiger partial charge in [0.05, 0.1) is 0 Å². The van der Waals surface area contributed by atoms with E-state index in [1.165, 1.54) is 19.3 Å². The van der Waals surface area contributed by atoms with Gasteiger partial charge in [0, 0.05) is 5.92 Å². The second kappa shape index (κ2) is 1.85. The van der Waals surface area contributed by atoms with Crippen molar-refractivity contribution in [2.24, 2.45) is 5.92 Å². The first-order valence-electron chi connectivity index (χ1n) is 3.31. The molecule has 2 aliphatic carbocycles. The number of hydrogen-bond donors (Lipinski definition) is 0. The molecule has 9 heavy (non-hydrogen) atoms. The average molecular weight is 252 g/mol. The molecular formula is C7H8Br2. The second-order valence-electron chi connectivity index (χ2n) is 2.77. The largest absolute Gasteiger partial charge is 0.108 e. The Morgan fingerprint density at radius 1 is 1.56 bits per heavy atom.